The quantitative estimate of drug-likeness (QED) is 0.400. The highest BCUT2D eigenvalue weighted by molar-refractivity contribution is 5.67. The number of anilines is 1. The van der Waals surface area contributed by atoms with Crippen LogP contribution < -0.4 is 10.6 Å². The lowest BCUT2D eigenvalue weighted by Gasteiger charge is -2.29. The number of pyridine rings is 2. The van der Waals surface area contributed by atoms with Gasteiger partial charge in [0.05, 0.1) is 18.5 Å². The first-order chi connectivity index (χ1) is 15.5. The monoisotopic (exact) mass is 444 g/mol. The molecule has 0 unspecified atom stereocenters. The summed E-state index contributed by atoms with van der Waals surface area (Å²) in [5.74, 6) is -0.416. The van der Waals surface area contributed by atoms with Crippen molar-refractivity contribution in [3.05, 3.63) is 42.0 Å². The van der Waals surface area contributed by atoms with Crippen LogP contribution in [0.3, 0.4) is 0 Å². The summed E-state index contributed by atoms with van der Waals surface area (Å²) in [4.78, 5) is 8.21. The molecule has 2 aliphatic rings. The summed E-state index contributed by atoms with van der Waals surface area (Å²) < 4.78 is 33.9. The van der Waals surface area contributed by atoms with Gasteiger partial charge >= 0.3 is 0 Å². The van der Waals surface area contributed by atoms with Gasteiger partial charge in [0, 0.05) is 49.3 Å². The molecule has 0 radical (unpaired) electrons. The first-order valence-corrected chi connectivity index (χ1v) is 11.7. The van der Waals surface area contributed by atoms with Crippen molar-refractivity contribution in [2.45, 2.75) is 57.9 Å². The van der Waals surface area contributed by atoms with Crippen LogP contribution >= 0.6 is 0 Å². The molecule has 2 heterocycles. The lowest BCUT2D eigenvalue weighted by Crippen LogP contribution is -2.35. The highest BCUT2D eigenvalue weighted by atomic mass is 19.1. The van der Waals surface area contributed by atoms with Gasteiger partial charge < -0.3 is 15.4 Å². The number of nitrogens with one attached hydrogen (secondary N) is 2. The van der Waals surface area contributed by atoms with Crippen molar-refractivity contribution < 1.29 is 13.5 Å². The van der Waals surface area contributed by atoms with Gasteiger partial charge in [0.1, 0.15) is 5.82 Å². The maximum atomic E-state index is 14.6. The van der Waals surface area contributed by atoms with E-state index in [9.17, 15) is 8.78 Å². The topological polar surface area (TPSA) is 59.1 Å². The van der Waals surface area contributed by atoms with E-state index in [1.54, 1.807) is 19.2 Å². The minimum absolute atomic E-state index is 0.232. The number of nitrogens with zero attached hydrogens (tertiary/aromatic N) is 2. The number of hydrogen-bond donors (Lipinski definition) is 2. The van der Waals surface area contributed by atoms with E-state index in [-0.39, 0.29) is 5.41 Å². The molecule has 0 atom stereocenters. The number of hydrogen-bond acceptors (Lipinski definition) is 5. The normalized spacial score (nSPS) is 22.0. The molecule has 2 aliphatic carbocycles. The van der Waals surface area contributed by atoms with Gasteiger partial charge in [0.15, 0.2) is 0 Å². The maximum absolute atomic E-state index is 14.6. The van der Waals surface area contributed by atoms with E-state index in [4.69, 9.17) is 4.74 Å². The molecule has 2 aromatic rings. The molecule has 0 aliphatic heterocycles. The van der Waals surface area contributed by atoms with Gasteiger partial charge in [0.2, 0.25) is 5.95 Å². The average Bonchev–Trinajstić information content (AvgIpc) is 3.53. The van der Waals surface area contributed by atoms with Gasteiger partial charge in [-0.3, -0.25) is 4.98 Å². The minimum Gasteiger partial charge on any atom is -0.383 e. The Balaban J connectivity index is 1.40. The molecular formula is C25H34F2N4O. The van der Waals surface area contributed by atoms with Gasteiger partial charge in [-0.15, -0.1) is 0 Å². The van der Waals surface area contributed by atoms with Crippen LogP contribution in [0.25, 0.3) is 11.1 Å². The van der Waals surface area contributed by atoms with E-state index in [0.717, 1.165) is 63.8 Å². The predicted molar refractivity (Wildman–Crippen MR) is 123 cm³/mol. The SMILES string of the molecule is COCCNC1CCC(Cc2cc(-c3cnc(F)c(NCC4(C)CC4)c3)c(F)cn2)CC1. The number of halogens is 2. The van der Waals surface area contributed by atoms with Crippen molar-refractivity contribution >= 4 is 5.69 Å². The van der Waals surface area contributed by atoms with Crippen molar-refractivity contribution in [2.75, 3.05) is 32.1 Å². The number of rotatable bonds is 10. The first-order valence-electron chi connectivity index (χ1n) is 11.7. The summed E-state index contributed by atoms with van der Waals surface area (Å²) in [7, 11) is 1.72. The zero-order valence-corrected chi connectivity index (χ0v) is 19.1. The summed E-state index contributed by atoms with van der Waals surface area (Å²) >= 11 is 0. The molecule has 0 saturated heterocycles. The number of aromatic nitrogens is 2. The molecule has 0 spiro atoms. The van der Waals surface area contributed by atoms with Crippen molar-refractivity contribution in [3.8, 4) is 11.1 Å². The second-order valence-electron chi connectivity index (χ2n) is 9.75. The van der Waals surface area contributed by atoms with Crippen LogP contribution in [0.1, 0.15) is 51.1 Å². The molecule has 2 N–H and O–H groups in total. The van der Waals surface area contributed by atoms with Gasteiger partial charge in [-0.05, 0) is 68.4 Å². The molecule has 4 rings (SSSR count). The summed E-state index contributed by atoms with van der Waals surface area (Å²) in [6.45, 7) is 4.49. The lowest BCUT2D eigenvalue weighted by molar-refractivity contribution is 0.188. The van der Waals surface area contributed by atoms with Crippen LogP contribution in [0.5, 0.6) is 0 Å². The lowest BCUT2D eigenvalue weighted by atomic mass is 9.83. The van der Waals surface area contributed by atoms with Crippen LogP contribution in [0.4, 0.5) is 14.5 Å². The maximum Gasteiger partial charge on any atom is 0.236 e. The molecule has 2 saturated carbocycles. The van der Waals surface area contributed by atoms with E-state index in [1.165, 1.54) is 12.4 Å². The Kier molecular flexibility index (Phi) is 7.36. The largest absolute Gasteiger partial charge is 0.383 e. The fourth-order valence-corrected chi connectivity index (χ4v) is 4.46. The summed E-state index contributed by atoms with van der Waals surface area (Å²) in [5.41, 5.74) is 2.44. The van der Waals surface area contributed by atoms with Crippen LogP contribution in [0.15, 0.2) is 24.5 Å². The number of ether oxygens (including phenoxy) is 1. The summed E-state index contributed by atoms with van der Waals surface area (Å²) in [5, 5.41) is 6.70. The molecule has 174 valence electrons. The van der Waals surface area contributed by atoms with Gasteiger partial charge in [0.25, 0.3) is 0 Å². The second kappa shape index (κ2) is 10.2. The Morgan fingerprint density at radius 1 is 1.09 bits per heavy atom. The van der Waals surface area contributed by atoms with E-state index in [2.05, 4.69) is 27.5 Å². The smallest absolute Gasteiger partial charge is 0.236 e. The predicted octanol–water partition coefficient (Wildman–Crippen LogP) is 4.97. The van der Waals surface area contributed by atoms with Crippen molar-refractivity contribution in [1.29, 1.82) is 0 Å². The molecule has 7 heteroatoms. The van der Waals surface area contributed by atoms with E-state index in [0.29, 0.717) is 35.3 Å². The third-order valence-corrected chi connectivity index (χ3v) is 6.95. The molecule has 0 amide bonds. The zero-order valence-electron chi connectivity index (χ0n) is 19.1. The molecule has 5 nitrogen and oxygen atoms in total. The van der Waals surface area contributed by atoms with Gasteiger partial charge in [-0.2, -0.15) is 4.39 Å². The highest BCUT2D eigenvalue weighted by Crippen LogP contribution is 2.45. The number of methoxy groups -OCH3 is 1. The van der Waals surface area contributed by atoms with E-state index >= 15 is 0 Å². The molecule has 2 aromatic heterocycles. The van der Waals surface area contributed by atoms with Crippen LogP contribution in [-0.4, -0.2) is 42.8 Å². The Hall–Kier alpha value is -2.12. The van der Waals surface area contributed by atoms with Gasteiger partial charge in [-0.25, -0.2) is 9.37 Å². The third kappa shape index (κ3) is 6.01. The second-order valence-corrected chi connectivity index (χ2v) is 9.75. The molecule has 0 aromatic carbocycles. The average molecular weight is 445 g/mol. The molecular weight excluding hydrogens is 410 g/mol. The molecule has 0 bridgehead atoms. The van der Waals surface area contributed by atoms with E-state index < -0.39 is 11.8 Å². The standard InChI is InChI=1S/C25H34F2N4O/c1-25(7-8-25)16-31-23-12-18(14-30-24(23)27)21-13-20(29-15-22(21)26)11-17-3-5-19(6-4-17)28-9-10-32-2/h12-15,17,19,28,31H,3-11,16H2,1-2H3. The Morgan fingerprint density at radius 2 is 1.88 bits per heavy atom. The minimum atomic E-state index is -0.552. The Bertz CT molecular complexity index is 911. The van der Waals surface area contributed by atoms with Crippen molar-refractivity contribution in [2.24, 2.45) is 11.3 Å². The van der Waals surface area contributed by atoms with E-state index in [1.807, 2.05) is 0 Å². The van der Waals surface area contributed by atoms with Crippen molar-refractivity contribution in [3.63, 3.8) is 0 Å². The van der Waals surface area contributed by atoms with Crippen LogP contribution in [-0.2, 0) is 11.2 Å². The summed E-state index contributed by atoms with van der Waals surface area (Å²) in [6.07, 6.45) is 10.3. The fourth-order valence-electron chi connectivity index (χ4n) is 4.46. The highest BCUT2D eigenvalue weighted by Gasteiger charge is 2.37. The third-order valence-electron chi connectivity index (χ3n) is 6.95. The Labute approximate surface area is 189 Å². The van der Waals surface area contributed by atoms with Gasteiger partial charge in [-0.1, -0.05) is 6.92 Å². The summed E-state index contributed by atoms with van der Waals surface area (Å²) in [6, 6.07) is 4.01. The zero-order chi connectivity index (χ0) is 22.6. The Morgan fingerprint density at radius 3 is 2.59 bits per heavy atom. The molecule has 32 heavy (non-hydrogen) atoms. The molecule has 2 fully saturated rings. The van der Waals surface area contributed by atoms with Crippen molar-refractivity contribution in [1.82, 2.24) is 15.3 Å². The van der Waals surface area contributed by atoms with Crippen LogP contribution in [0, 0.1) is 23.1 Å². The fraction of sp³-hybridized carbons (Fsp3) is 0.600. The van der Waals surface area contributed by atoms with Crippen LogP contribution in [0.2, 0.25) is 0 Å². The first kappa shape index (κ1) is 23.1.